The van der Waals surface area contributed by atoms with Crippen molar-refractivity contribution in [2.45, 2.75) is 107 Å². The van der Waals surface area contributed by atoms with Crippen LogP contribution in [0, 0.1) is 5.82 Å². The number of fused-ring (bicyclic) bond motifs is 2. The number of halogens is 2. The molecule has 0 spiro atoms. The zero-order valence-corrected chi connectivity index (χ0v) is 29.8. The highest BCUT2D eigenvalue weighted by molar-refractivity contribution is 7.89. The maximum Gasteiger partial charge on any atom is 0.410 e. The number of carbonyl (C=O) groups is 2. The molecule has 264 valence electrons. The number of sulfonamides is 1. The van der Waals surface area contributed by atoms with Gasteiger partial charge in [0.1, 0.15) is 11.4 Å². The van der Waals surface area contributed by atoms with Gasteiger partial charge in [0.15, 0.2) is 0 Å². The molecule has 5 rings (SSSR count). The normalized spacial score (nSPS) is 27.9. The Morgan fingerprint density at radius 1 is 1.10 bits per heavy atom. The van der Waals surface area contributed by atoms with Crippen molar-refractivity contribution in [1.82, 2.24) is 9.21 Å². The topological polar surface area (TPSA) is 131 Å². The van der Waals surface area contributed by atoms with Crippen LogP contribution in [0.2, 0.25) is 5.02 Å². The SMILES string of the molecule is COC1CCC(c2ccc(Cl)cc2)([C@H](N)C(=O)Nc2cccc(F)c2CCC2CN(C(=O)OC(C)(C)C)C3CCCS(=O)(=O)N2C3)CC1. The highest BCUT2D eigenvalue weighted by atomic mass is 35.5. The number of methoxy groups -OCH3 is 1. The largest absolute Gasteiger partial charge is 0.444 e. The van der Waals surface area contributed by atoms with Gasteiger partial charge in [-0.25, -0.2) is 17.6 Å². The number of ether oxygens (including phenoxy) is 2. The summed E-state index contributed by atoms with van der Waals surface area (Å²) in [5.74, 6) is -0.980. The summed E-state index contributed by atoms with van der Waals surface area (Å²) in [5.41, 5.74) is 6.85. The van der Waals surface area contributed by atoms with Gasteiger partial charge in [-0.3, -0.25) is 4.79 Å². The third kappa shape index (κ3) is 7.99. The smallest absolute Gasteiger partial charge is 0.410 e. The highest BCUT2D eigenvalue weighted by Crippen LogP contribution is 2.43. The molecule has 3 aliphatic rings. The Morgan fingerprint density at radius 2 is 1.79 bits per heavy atom. The van der Waals surface area contributed by atoms with E-state index in [0.717, 1.165) is 18.4 Å². The van der Waals surface area contributed by atoms with Crippen molar-refractivity contribution in [2.24, 2.45) is 5.73 Å². The molecule has 2 amide bonds. The fourth-order valence-corrected chi connectivity index (χ4v) is 9.43. The molecule has 2 bridgehead atoms. The summed E-state index contributed by atoms with van der Waals surface area (Å²) in [4.78, 5) is 28.8. The number of carbonyl (C=O) groups excluding carboxylic acids is 2. The number of hydrogen-bond donors (Lipinski definition) is 2. The fourth-order valence-electron chi connectivity index (χ4n) is 7.51. The molecule has 2 heterocycles. The summed E-state index contributed by atoms with van der Waals surface area (Å²) in [6.07, 6.45) is 3.63. The van der Waals surface area contributed by atoms with Crippen LogP contribution in [0.1, 0.15) is 76.8 Å². The quantitative estimate of drug-likeness (QED) is 0.365. The zero-order valence-electron chi connectivity index (χ0n) is 28.2. The van der Waals surface area contributed by atoms with E-state index in [0.29, 0.717) is 30.7 Å². The second-order valence-electron chi connectivity index (χ2n) is 14.3. The standard InChI is InChI=1S/C35H48ClFN4O6S/c1-34(2,3)47-33(43)40-21-26(41-22-25(40)7-6-20-48(41,44)45)14-15-28-29(37)8-5-9-30(28)39-32(42)31(38)35(18-16-27(46-4)17-19-35)23-10-12-24(36)13-11-23/h5,8-13,25-27,31H,6-7,14-22,38H2,1-4H3,(H,39,42)/t25?,26?,27?,31-,35?/m1/s1. The van der Waals surface area contributed by atoms with Gasteiger partial charge in [0.25, 0.3) is 0 Å². The fraction of sp³-hybridized carbons (Fsp3) is 0.600. The van der Waals surface area contributed by atoms with Gasteiger partial charge in [-0.15, -0.1) is 0 Å². The number of amides is 2. The third-order valence-corrected chi connectivity index (χ3v) is 12.3. The lowest BCUT2D eigenvalue weighted by Crippen LogP contribution is -2.60. The maximum atomic E-state index is 15.5. The average Bonchev–Trinajstić information content (AvgIpc) is 3.16. The van der Waals surface area contributed by atoms with Crippen molar-refractivity contribution in [3.05, 3.63) is 64.4 Å². The summed E-state index contributed by atoms with van der Waals surface area (Å²) in [5, 5.41) is 3.49. The first-order chi connectivity index (χ1) is 22.6. The van der Waals surface area contributed by atoms with Gasteiger partial charge in [0, 0.05) is 54.0 Å². The molecule has 3 fully saturated rings. The lowest BCUT2D eigenvalue weighted by atomic mass is 9.64. The monoisotopic (exact) mass is 706 g/mol. The van der Waals surface area contributed by atoms with Crippen molar-refractivity contribution in [2.75, 3.05) is 31.3 Å². The van der Waals surface area contributed by atoms with E-state index in [1.54, 1.807) is 51.0 Å². The molecule has 4 atom stereocenters. The van der Waals surface area contributed by atoms with E-state index in [2.05, 4.69) is 5.32 Å². The predicted octanol–water partition coefficient (Wildman–Crippen LogP) is 5.62. The second-order valence-corrected chi connectivity index (χ2v) is 16.8. The van der Waals surface area contributed by atoms with E-state index in [1.165, 1.54) is 16.4 Å². The Morgan fingerprint density at radius 3 is 2.44 bits per heavy atom. The van der Waals surface area contributed by atoms with Crippen LogP contribution in [-0.4, -0.2) is 85.4 Å². The number of rotatable bonds is 8. The first-order valence-electron chi connectivity index (χ1n) is 16.8. The van der Waals surface area contributed by atoms with E-state index >= 15 is 4.39 Å². The molecular weight excluding hydrogens is 659 g/mol. The molecule has 2 aromatic rings. The van der Waals surface area contributed by atoms with Crippen LogP contribution in [0.3, 0.4) is 0 Å². The molecule has 2 aromatic carbocycles. The van der Waals surface area contributed by atoms with Gasteiger partial charge in [-0.1, -0.05) is 29.8 Å². The van der Waals surface area contributed by atoms with Gasteiger partial charge < -0.3 is 25.4 Å². The Bertz CT molecular complexity index is 1580. The maximum absolute atomic E-state index is 15.5. The second kappa shape index (κ2) is 14.6. The molecule has 0 radical (unpaired) electrons. The van der Waals surface area contributed by atoms with Crippen molar-refractivity contribution in [1.29, 1.82) is 0 Å². The molecule has 13 heteroatoms. The molecule has 1 aliphatic carbocycles. The number of anilines is 1. The van der Waals surface area contributed by atoms with Crippen LogP contribution in [-0.2, 0) is 36.1 Å². The van der Waals surface area contributed by atoms with E-state index < -0.39 is 50.9 Å². The average molecular weight is 707 g/mol. The lowest BCUT2D eigenvalue weighted by Gasteiger charge is -2.44. The zero-order chi connectivity index (χ0) is 34.9. The molecule has 2 saturated heterocycles. The van der Waals surface area contributed by atoms with Crippen molar-refractivity contribution in [3.63, 3.8) is 0 Å². The molecule has 1 saturated carbocycles. The van der Waals surface area contributed by atoms with Crippen LogP contribution in [0.5, 0.6) is 0 Å². The number of nitrogens with zero attached hydrogens (tertiary/aromatic N) is 2. The van der Waals surface area contributed by atoms with Crippen molar-refractivity contribution >= 4 is 39.3 Å². The molecule has 0 aromatic heterocycles. The van der Waals surface area contributed by atoms with Gasteiger partial charge >= 0.3 is 6.09 Å². The minimum Gasteiger partial charge on any atom is -0.444 e. The Hall–Kier alpha value is -2.77. The van der Waals surface area contributed by atoms with E-state index in [1.807, 2.05) is 12.1 Å². The number of hydrogen-bond acceptors (Lipinski definition) is 7. The third-order valence-electron chi connectivity index (χ3n) is 10.1. The summed E-state index contributed by atoms with van der Waals surface area (Å²) < 4.78 is 54.8. The van der Waals surface area contributed by atoms with E-state index in [-0.39, 0.29) is 55.1 Å². The lowest BCUT2D eigenvalue weighted by molar-refractivity contribution is -0.119. The molecule has 10 nitrogen and oxygen atoms in total. The molecule has 48 heavy (non-hydrogen) atoms. The van der Waals surface area contributed by atoms with E-state index in [4.69, 9.17) is 26.8 Å². The Kier molecular flexibility index (Phi) is 11.1. The summed E-state index contributed by atoms with van der Waals surface area (Å²) in [6.45, 7) is 5.67. The van der Waals surface area contributed by atoms with Crippen LogP contribution < -0.4 is 11.1 Å². The Balaban J connectivity index is 1.37. The summed E-state index contributed by atoms with van der Waals surface area (Å²) in [7, 11) is -1.90. The molecule has 2 aliphatic heterocycles. The van der Waals surface area contributed by atoms with E-state index in [9.17, 15) is 18.0 Å². The van der Waals surface area contributed by atoms with Crippen LogP contribution in [0.15, 0.2) is 42.5 Å². The van der Waals surface area contributed by atoms with Gasteiger partial charge in [-0.2, -0.15) is 4.31 Å². The van der Waals surface area contributed by atoms with Crippen molar-refractivity contribution < 1.29 is 31.9 Å². The number of nitrogens with two attached hydrogens (primary N) is 1. The summed E-state index contributed by atoms with van der Waals surface area (Å²) in [6, 6.07) is 10.0. The minimum absolute atomic E-state index is 0.0124. The predicted molar refractivity (Wildman–Crippen MR) is 184 cm³/mol. The van der Waals surface area contributed by atoms with Gasteiger partial charge in [-0.05, 0) is 102 Å². The molecular formula is C35H48ClFN4O6S. The minimum atomic E-state index is -3.58. The van der Waals surface area contributed by atoms with Crippen molar-refractivity contribution in [3.8, 4) is 0 Å². The number of nitrogens with one attached hydrogen (secondary N) is 1. The number of piperazine rings is 1. The molecule has 3 unspecified atom stereocenters. The molecule has 3 N–H and O–H groups in total. The van der Waals surface area contributed by atoms with Crippen LogP contribution in [0.25, 0.3) is 0 Å². The van der Waals surface area contributed by atoms with Gasteiger partial charge in [0.2, 0.25) is 15.9 Å². The first kappa shape index (κ1) is 36.5. The van der Waals surface area contributed by atoms with Crippen LogP contribution in [0.4, 0.5) is 14.9 Å². The highest BCUT2D eigenvalue weighted by Gasteiger charge is 2.46. The van der Waals surface area contributed by atoms with Gasteiger partial charge in [0.05, 0.1) is 17.9 Å². The number of benzene rings is 2. The van der Waals surface area contributed by atoms with Crippen LogP contribution >= 0.6 is 11.6 Å². The first-order valence-corrected chi connectivity index (χ1v) is 18.7. The summed E-state index contributed by atoms with van der Waals surface area (Å²) >= 11 is 6.18. The Labute approximate surface area is 288 Å².